The normalized spacial score (nSPS) is 11.1. The maximum Gasteiger partial charge on any atom is 0.332 e. The molecule has 0 atom stereocenters. The number of rotatable bonds is 4. The van der Waals surface area contributed by atoms with E-state index in [1.165, 1.54) is 6.08 Å². The molecule has 1 amide bonds. The lowest BCUT2D eigenvalue weighted by molar-refractivity contribution is -0.137. The van der Waals surface area contributed by atoms with Crippen LogP contribution in [0, 0.1) is 3.57 Å². The Balaban J connectivity index is 2.63. The third-order valence-corrected chi connectivity index (χ3v) is 2.57. The van der Waals surface area contributed by atoms with Gasteiger partial charge in [0.15, 0.2) is 0 Å². The fourth-order valence-electron chi connectivity index (χ4n) is 1.07. The second-order valence-corrected chi connectivity index (χ2v) is 4.29. The van der Waals surface area contributed by atoms with Crippen LogP contribution in [-0.4, -0.2) is 28.7 Å². The molecule has 0 fully saturated rings. The third-order valence-electron chi connectivity index (χ3n) is 1.75. The van der Waals surface area contributed by atoms with Gasteiger partial charge < -0.3 is 10.1 Å². The number of ether oxygens (including phenoxy) is 1. The first kappa shape index (κ1) is 13.7. The number of esters is 1. The van der Waals surface area contributed by atoms with Crippen molar-refractivity contribution in [1.29, 1.82) is 0 Å². The van der Waals surface area contributed by atoms with Crippen LogP contribution in [0.1, 0.15) is 24.3 Å². The molecule has 1 aromatic rings. The first-order valence-electron chi connectivity index (χ1n) is 4.89. The molecule has 0 unspecified atom stereocenters. The van der Waals surface area contributed by atoms with Gasteiger partial charge in [0.25, 0.3) is 5.91 Å². The lowest BCUT2D eigenvalue weighted by Gasteiger charge is -2.03. The second kappa shape index (κ2) is 6.38. The molecule has 0 aliphatic rings. The van der Waals surface area contributed by atoms with Crippen LogP contribution < -0.4 is 5.32 Å². The predicted molar refractivity (Wildman–Crippen MR) is 69.2 cm³/mol. The van der Waals surface area contributed by atoms with Crippen molar-refractivity contribution in [2.45, 2.75) is 13.8 Å². The molecule has 0 aliphatic heterocycles. The second-order valence-electron chi connectivity index (χ2n) is 3.13. The number of H-pyrrole nitrogens is 1. The number of carbonyl (C=O) groups is 2. The molecule has 7 heteroatoms. The van der Waals surface area contributed by atoms with E-state index in [2.05, 4.69) is 15.5 Å². The molecule has 1 heterocycles. The van der Waals surface area contributed by atoms with Gasteiger partial charge in [-0.15, -0.1) is 0 Å². The fraction of sp³-hybridized carbons (Fsp3) is 0.300. The van der Waals surface area contributed by atoms with E-state index in [0.717, 1.165) is 0 Å². The monoisotopic (exact) mass is 349 g/mol. The van der Waals surface area contributed by atoms with Gasteiger partial charge in [0.05, 0.1) is 16.4 Å². The molecule has 6 nitrogen and oxygen atoms in total. The Kier molecular flexibility index (Phi) is 5.13. The number of hydrogen-bond donors (Lipinski definition) is 2. The molecule has 1 rings (SSSR count). The average Bonchev–Trinajstić information content (AvgIpc) is 2.64. The van der Waals surface area contributed by atoms with Crippen molar-refractivity contribution in [1.82, 2.24) is 15.5 Å². The Morgan fingerprint density at radius 1 is 1.65 bits per heavy atom. The predicted octanol–water partition coefficient (Wildman–Crippen LogP) is 1.21. The van der Waals surface area contributed by atoms with Crippen LogP contribution in [-0.2, 0) is 9.53 Å². The molecule has 0 spiro atoms. The van der Waals surface area contributed by atoms with E-state index >= 15 is 0 Å². The summed E-state index contributed by atoms with van der Waals surface area (Å²) in [7, 11) is 0. The van der Waals surface area contributed by atoms with Crippen LogP contribution in [0.25, 0.3) is 0 Å². The molecule has 17 heavy (non-hydrogen) atoms. The highest BCUT2D eigenvalue weighted by Gasteiger charge is 2.12. The van der Waals surface area contributed by atoms with Gasteiger partial charge in [-0.2, -0.15) is 5.10 Å². The minimum atomic E-state index is -0.482. The van der Waals surface area contributed by atoms with E-state index in [4.69, 9.17) is 4.74 Å². The summed E-state index contributed by atoms with van der Waals surface area (Å²) in [6.45, 7) is 3.62. The molecule has 0 saturated carbocycles. The third kappa shape index (κ3) is 4.17. The van der Waals surface area contributed by atoms with Crippen molar-refractivity contribution in [3.05, 3.63) is 27.2 Å². The molecule has 0 bridgehead atoms. The number of hydrogen-bond acceptors (Lipinski definition) is 4. The molecule has 0 aliphatic carbocycles. The smallest absolute Gasteiger partial charge is 0.332 e. The van der Waals surface area contributed by atoms with E-state index < -0.39 is 5.97 Å². The molecular weight excluding hydrogens is 337 g/mol. The van der Waals surface area contributed by atoms with Gasteiger partial charge in [-0.3, -0.25) is 9.89 Å². The van der Waals surface area contributed by atoms with Crippen LogP contribution in [0.15, 0.2) is 18.0 Å². The Labute approximate surface area is 112 Å². The number of aromatic nitrogens is 2. The van der Waals surface area contributed by atoms with Gasteiger partial charge in [0.2, 0.25) is 0 Å². The minimum Gasteiger partial charge on any atom is -0.463 e. The summed E-state index contributed by atoms with van der Waals surface area (Å²) in [4.78, 5) is 22.8. The fourth-order valence-corrected chi connectivity index (χ4v) is 1.57. The molecule has 0 saturated heterocycles. The van der Waals surface area contributed by atoms with Crippen molar-refractivity contribution in [3.63, 3.8) is 0 Å². The Morgan fingerprint density at radius 3 is 2.88 bits per heavy atom. The molecule has 0 aromatic carbocycles. The minimum absolute atomic E-state index is 0.301. The zero-order valence-electron chi connectivity index (χ0n) is 9.41. The maximum absolute atomic E-state index is 11.7. The topological polar surface area (TPSA) is 84.1 Å². The molecular formula is C10H12IN3O3. The van der Waals surface area contributed by atoms with Crippen molar-refractivity contribution in [3.8, 4) is 0 Å². The zero-order chi connectivity index (χ0) is 12.8. The summed E-state index contributed by atoms with van der Waals surface area (Å²) < 4.78 is 5.43. The number of nitrogens with zero attached hydrogens (tertiary/aromatic N) is 1. The maximum atomic E-state index is 11.7. The number of carbonyl (C=O) groups excluding carboxylic acids is 2. The molecule has 1 aromatic heterocycles. The van der Waals surface area contributed by atoms with E-state index in [1.54, 1.807) is 20.0 Å². The van der Waals surface area contributed by atoms with Crippen molar-refractivity contribution >= 4 is 34.5 Å². The lowest BCUT2D eigenvalue weighted by atomic mass is 10.3. The van der Waals surface area contributed by atoms with E-state index in [-0.39, 0.29) is 5.91 Å². The number of aromatic amines is 1. The van der Waals surface area contributed by atoms with Gasteiger partial charge in [0, 0.05) is 11.8 Å². The Morgan fingerprint density at radius 2 is 2.35 bits per heavy atom. The summed E-state index contributed by atoms with van der Waals surface area (Å²) in [5.74, 6) is -0.824. The largest absolute Gasteiger partial charge is 0.463 e. The average molecular weight is 349 g/mol. The zero-order valence-corrected chi connectivity index (χ0v) is 11.6. The van der Waals surface area contributed by atoms with Crippen molar-refractivity contribution in [2.24, 2.45) is 0 Å². The first-order chi connectivity index (χ1) is 8.04. The van der Waals surface area contributed by atoms with E-state index in [0.29, 0.717) is 21.6 Å². The van der Waals surface area contributed by atoms with E-state index in [9.17, 15) is 9.59 Å². The lowest BCUT2D eigenvalue weighted by Crippen LogP contribution is -2.23. The molecule has 92 valence electrons. The number of amides is 1. The van der Waals surface area contributed by atoms with Crippen LogP contribution in [0.3, 0.4) is 0 Å². The van der Waals surface area contributed by atoms with Crippen LogP contribution in [0.4, 0.5) is 0 Å². The Bertz CT molecular complexity index is 453. The highest BCUT2D eigenvalue weighted by atomic mass is 127. The van der Waals surface area contributed by atoms with Crippen LogP contribution >= 0.6 is 22.6 Å². The number of allylic oxidation sites excluding steroid dienone is 1. The quantitative estimate of drug-likeness (QED) is 0.486. The number of nitrogens with one attached hydrogen (secondary N) is 2. The van der Waals surface area contributed by atoms with Gasteiger partial charge >= 0.3 is 5.97 Å². The molecule has 0 radical (unpaired) electrons. The van der Waals surface area contributed by atoms with E-state index in [1.807, 2.05) is 22.6 Å². The summed E-state index contributed by atoms with van der Waals surface area (Å²) in [6.07, 6.45) is 2.77. The molecule has 2 N–H and O–H groups in total. The highest BCUT2D eigenvalue weighted by molar-refractivity contribution is 14.1. The first-order valence-corrected chi connectivity index (χ1v) is 5.97. The SMILES string of the molecule is CCOC(=O)/C=C(\C)NC(=O)c1[nH]ncc1I. The van der Waals surface area contributed by atoms with Crippen molar-refractivity contribution < 1.29 is 14.3 Å². The summed E-state index contributed by atoms with van der Waals surface area (Å²) >= 11 is 1.99. The van der Waals surface area contributed by atoms with Gasteiger partial charge in [0.1, 0.15) is 5.69 Å². The standard InChI is InChI=1S/C10H12IN3O3/c1-3-17-8(15)4-6(2)13-10(16)9-7(11)5-12-14-9/h4-5H,3H2,1-2H3,(H,12,14)(H,13,16)/b6-4+. The number of halogens is 1. The van der Waals surface area contributed by atoms with Gasteiger partial charge in [-0.1, -0.05) is 0 Å². The van der Waals surface area contributed by atoms with Gasteiger partial charge in [-0.05, 0) is 36.4 Å². The van der Waals surface area contributed by atoms with Crippen LogP contribution in [0.2, 0.25) is 0 Å². The summed E-state index contributed by atoms with van der Waals surface area (Å²) in [5.41, 5.74) is 0.779. The Hall–Kier alpha value is -1.38. The summed E-state index contributed by atoms with van der Waals surface area (Å²) in [5, 5.41) is 8.87. The van der Waals surface area contributed by atoms with Crippen molar-refractivity contribution in [2.75, 3.05) is 6.61 Å². The highest BCUT2D eigenvalue weighted by Crippen LogP contribution is 2.07. The summed E-state index contributed by atoms with van der Waals surface area (Å²) in [6, 6.07) is 0. The van der Waals surface area contributed by atoms with Crippen LogP contribution in [0.5, 0.6) is 0 Å². The van der Waals surface area contributed by atoms with Gasteiger partial charge in [-0.25, -0.2) is 4.79 Å².